The molecule has 2 amide bonds. The van der Waals surface area contributed by atoms with Crippen LogP contribution in [-0.4, -0.2) is 26.0 Å². The van der Waals surface area contributed by atoms with Gasteiger partial charge in [-0.15, -0.1) is 0 Å². The number of hydrogen-bond acceptors (Lipinski definition) is 5. The lowest BCUT2D eigenvalue weighted by atomic mass is 10.0. The summed E-state index contributed by atoms with van der Waals surface area (Å²) in [6, 6.07) is 19.4. The Balaban J connectivity index is 1.85. The number of imide groups is 1. The van der Waals surface area contributed by atoms with Gasteiger partial charge in [-0.3, -0.25) is 9.59 Å². The van der Waals surface area contributed by atoms with Crippen LogP contribution in [0.15, 0.2) is 72.4 Å². The van der Waals surface area contributed by atoms with Crippen LogP contribution < -0.4 is 19.7 Å². The predicted molar refractivity (Wildman–Crippen MR) is 125 cm³/mol. The lowest BCUT2D eigenvalue weighted by Crippen LogP contribution is -2.32. The van der Waals surface area contributed by atoms with Gasteiger partial charge in [0.2, 0.25) is 0 Å². The number of rotatable bonds is 6. The zero-order valence-corrected chi connectivity index (χ0v) is 18.6. The van der Waals surface area contributed by atoms with E-state index in [1.807, 2.05) is 19.1 Å². The van der Waals surface area contributed by atoms with Gasteiger partial charge in [-0.2, -0.15) is 0 Å². The molecule has 0 atom stereocenters. The monoisotopic (exact) mass is 448 g/mol. The molecule has 1 heterocycles. The zero-order chi connectivity index (χ0) is 22.8. The van der Waals surface area contributed by atoms with Gasteiger partial charge in [-0.1, -0.05) is 41.9 Å². The molecule has 3 aromatic carbocycles. The number of nitrogens with one attached hydrogen (secondary N) is 1. The largest absolute Gasteiger partial charge is 0.496 e. The summed E-state index contributed by atoms with van der Waals surface area (Å²) in [7, 11) is 3.05. The first-order valence-corrected chi connectivity index (χ1v) is 10.3. The lowest BCUT2D eigenvalue weighted by Gasteiger charge is -2.16. The first-order valence-electron chi connectivity index (χ1n) is 9.88. The van der Waals surface area contributed by atoms with Crippen molar-refractivity contribution in [1.29, 1.82) is 0 Å². The van der Waals surface area contributed by atoms with E-state index >= 15 is 0 Å². The van der Waals surface area contributed by atoms with E-state index in [9.17, 15) is 9.59 Å². The third-order valence-electron chi connectivity index (χ3n) is 5.14. The Morgan fingerprint density at radius 2 is 1.59 bits per heavy atom. The number of carbonyl (C=O) groups is 2. The Morgan fingerprint density at radius 1 is 0.844 bits per heavy atom. The molecule has 0 unspecified atom stereocenters. The topological polar surface area (TPSA) is 67.9 Å². The van der Waals surface area contributed by atoms with Crippen molar-refractivity contribution in [2.24, 2.45) is 0 Å². The van der Waals surface area contributed by atoms with Gasteiger partial charge in [-0.05, 0) is 48.9 Å². The van der Waals surface area contributed by atoms with Gasteiger partial charge in [-0.25, -0.2) is 4.90 Å². The number of amides is 2. The molecule has 1 aliphatic rings. The summed E-state index contributed by atoms with van der Waals surface area (Å²) in [4.78, 5) is 28.2. The number of methoxy groups -OCH3 is 2. The van der Waals surface area contributed by atoms with E-state index in [2.05, 4.69) is 5.32 Å². The SMILES string of the molecule is COc1ccc(NC2=C(c3ccccc3OC)C(=O)N(c3cccc(C)c3)C2=O)cc1Cl. The fourth-order valence-corrected chi connectivity index (χ4v) is 3.89. The molecular weight excluding hydrogens is 428 g/mol. The second-order valence-corrected chi connectivity index (χ2v) is 7.62. The smallest absolute Gasteiger partial charge is 0.282 e. The van der Waals surface area contributed by atoms with Crippen LogP contribution in [0.2, 0.25) is 5.02 Å². The van der Waals surface area contributed by atoms with Crippen LogP contribution in [0.3, 0.4) is 0 Å². The molecule has 3 aromatic rings. The quantitative estimate of drug-likeness (QED) is 0.534. The standard InChI is InChI=1S/C25H21ClN2O4/c1-15-7-6-8-17(13-15)28-24(29)22(18-9-4-5-10-20(18)31-2)23(25(28)30)27-16-11-12-21(32-3)19(26)14-16/h4-14,27H,1-3H3. The molecule has 32 heavy (non-hydrogen) atoms. The summed E-state index contributed by atoms with van der Waals surface area (Å²) < 4.78 is 10.7. The number of halogens is 1. The third-order valence-corrected chi connectivity index (χ3v) is 5.44. The van der Waals surface area contributed by atoms with Gasteiger partial charge in [0, 0.05) is 11.3 Å². The van der Waals surface area contributed by atoms with E-state index < -0.39 is 11.8 Å². The highest BCUT2D eigenvalue weighted by atomic mass is 35.5. The van der Waals surface area contributed by atoms with Gasteiger partial charge in [0.1, 0.15) is 17.2 Å². The summed E-state index contributed by atoms with van der Waals surface area (Å²) in [5, 5.41) is 3.48. The summed E-state index contributed by atoms with van der Waals surface area (Å²) in [5.41, 5.74) is 2.86. The van der Waals surface area contributed by atoms with Crippen LogP contribution in [0.1, 0.15) is 11.1 Å². The molecule has 0 spiro atoms. The third kappa shape index (κ3) is 3.81. The molecule has 0 radical (unpaired) electrons. The average Bonchev–Trinajstić information content (AvgIpc) is 3.03. The molecule has 0 saturated heterocycles. The number of para-hydroxylation sites is 1. The van der Waals surface area contributed by atoms with Crippen LogP contribution in [0.4, 0.5) is 11.4 Å². The lowest BCUT2D eigenvalue weighted by molar-refractivity contribution is -0.120. The van der Waals surface area contributed by atoms with E-state index in [0.29, 0.717) is 33.5 Å². The van der Waals surface area contributed by atoms with Crippen LogP contribution in [0, 0.1) is 6.92 Å². The van der Waals surface area contributed by atoms with Crippen molar-refractivity contribution >= 4 is 40.4 Å². The summed E-state index contributed by atoms with van der Waals surface area (Å²) in [5.74, 6) is 0.0915. The maximum Gasteiger partial charge on any atom is 0.282 e. The molecule has 7 heteroatoms. The second kappa shape index (κ2) is 8.77. The van der Waals surface area contributed by atoms with E-state index in [0.717, 1.165) is 5.56 Å². The maximum atomic E-state index is 13.6. The van der Waals surface area contributed by atoms with E-state index in [-0.39, 0.29) is 11.3 Å². The highest BCUT2D eigenvalue weighted by Gasteiger charge is 2.41. The Morgan fingerprint density at radius 3 is 2.28 bits per heavy atom. The fraction of sp³-hybridized carbons (Fsp3) is 0.120. The van der Waals surface area contributed by atoms with Crippen molar-refractivity contribution in [3.05, 3.63) is 88.6 Å². The summed E-state index contributed by atoms with van der Waals surface area (Å²) in [6.07, 6.45) is 0. The van der Waals surface area contributed by atoms with Crippen molar-refractivity contribution in [3.63, 3.8) is 0 Å². The summed E-state index contributed by atoms with van der Waals surface area (Å²) >= 11 is 6.26. The van der Waals surface area contributed by atoms with Crippen LogP contribution in [-0.2, 0) is 9.59 Å². The van der Waals surface area contributed by atoms with Crippen LogP contribution in [0.5, 0.6) is 11.5 Å². The Kier molecular flexibility index (Phi) is 5.88. The van der Waals surface area contributed by atoms with Crippen molar-refractivity contribution in [2.45, 2.75) is 6.92 Å². The number of benzene rings is 3. The number of nitrogens with zero attached hydrogens (tertiary/aromatic N) is 1. The minimum Gasteiger partial charge on any atom is -0.496 e. The molecule has 162 valence electrons. The predicted octanol–water partition coefficient (Wildman–Crippen LogP) is 5.06. The zero-order valence-electron chi connectivity index (χ0n) is 17.8. The Hall–Kier alpha value is -3.77. The average molecular weight is 449 g/mol. The normalized spacial score (nSPS) is 13.6. The van der Waals surface area contributed by atoms with Crippen molar-refractivity contribution in [1.82, 2.24) is 0 Å². The van der Waals surface area contributed by atoms with Crippen molar-refractivity contribution < 1.29 is 19.1 Å². The maximum absolute atomic E-state index is 13.6. The molecule has 0 fully saturated rings. The van der Waals surface area contributed by atoms with Crippen molar-refractivity contribution in [2.75, 3.05) is 24.4 Å². The van der Waals surface area contributed by atoms with Gasteiger partial charge >= 0.3 is 0 Å². The molecule has 0 aliphatic carbocycles. The number of hydrogen-bond donors (Lipinski definition) is 1. The van der Waals surface area contributed by atoms with Gasteiger partial charge in [0.05, 0.1) is 30.5 Å². The van der Waals surface area contributed by atoms with Gasteiger partial charge < -0.3 is 14.8 Å². The molecule has 4 rings (SSSR count). The minimum absolute atomic E-state index is 0.141. The Labute approximate surface area is 191 Å². The first-order chi connectivity index (χ1) is 15.4. The fourth-order valence-electron chi connectivity index (χ4n) is 3.64. The highest BCUT2D eigenvalue weighted by molar-refractivity contribution is 6.46. The number of aryl methyl sites for hydroxylation is 1. The van der Waals surface area contributed by atoms with E-state index in [1.54, 1.807) is 54.6 Å². The minimum atomic E-state index is -0.464. The molecule has 0 aromatic heterocycles. The van der Waals surface area contributed by atoms with Crippen molar-refractivity contribution in [3.8, 4) is 11.5 Å². The number of ether oxygens (including phenoxy) is 2. The highest BCUT2D eigenvalue weighted by Crippen LogP contribution is 2.38. The van der Waals surface area contributed by atoms with Crippen LogP contribution in [0.25, 0.3) is 5.57 Å². The van der Waals surface area contributed by atoms with Crippen LogP contribution >= 0.6 is 11.6 Å². The molecule has 1 N–H and O–H groups in total. The van der Waals surface area contributed by atoms with E-state index in [1.165, 1.54) is 19.1 Å². The number of anilines is 2. The summed E-state index contributed by atoms with van der Waals surface area (Å²) in [6.45, 7) is 1.90. The molecule has 6 nitrogen and oxygen atoms in total. The molecule has 0 saturated carbocycles. The first kappa shape index (κ1) is 21.5. The molecular formula is C25H21ClN2O4. The van der Waals surface area contributed by atoms with Gasteiger partial charge in [0.25, 0.3) is 11.8 Å². The second-order valence-electron chi connectivity index (χ2n) is 7.21. The number of carbonyl (C=O) groups excluding carboxylic acids is 2. The van der Waals surface area contributed by atoms with E-state index in [4.69, 9.17) is 21.1 Å². The Bertz CT molecular complexity index is 1250. The molecule has 1 aliphatic heterocycles. The molecule has 0 bridgehead atoms. The van der Waals surface area contributed by atoms with Gasteiger partial charge in [0.15, 0.2) is 0 Å².